The second kappa shape index (κ2) is 6.51. The number of carboxylic acid groups (broad SMARTS) is 1. The third kappa shape index (κ3) is 3.84. The molecule has 1 fully saturated rings. The van der Waals surface area contributed by atoms with Crippen LogP contribution in [0.1, 0.15) is 32.6 Å². The Balaban J connectivity index is 2.24. The van der Waals surface area contributed by atoms with E-state index in [1.54, 1.807) is 0 Å². The first-order valence-corrected chi connectivity index (χ1v) is 5.72. The SMILES string of the molecule is C#CCC(CC)NCC1CCC(C(=O)O)O1. The van der Waals surface area contributed by atoms with Crippen molar-refractivity contribution in [3.05, 3.63) is 0 Å². The molecule has 1 heterocycles. The summed E-state index contributed by atoms with van der Waals surface area (Å²) in [6, 6.07) is 0.303. The Bertz CT molecular complexity index is 272. The molecule has 0 bridgehead atoms. The van der Waals surface area contributed by atoms with Crippen LogP contribution in [0.4, 0.5) is 0 Å². The second-order valence-corrected chi connectivity index (χ2v) is 4.08. The van der Waals surface area contributed by atoms with Crippen molar-refractivity contribution in [3.8, 4) is 12.3 Å². The predicted molar refractivity (Wildman–Crippen MR) is 61.1 cm³/mol. The van der Waals surface area contributed by atoms with Crippen molar-refractivity contribution in [1.82, 2.24) is 5.32 Å². The minimum Gasteiger partial charge on any atom is -0.479 e. The number of carbonyl (C=O) groups is 1. The van der Waals surface area contributed by atoms with E-state index in [2.05, 4.69) is 18.2 Å². The molecular weight excluding hydrogens is 206 g/mol. The summed E-state index contributed by atoms with van der Waals surface area (Å²) in [5.41, 5.74) is 0. The third-order valence-electron chi connectivity index (χ3n) is 2.87. The van der Waals surface area contributed by atoms with E-state index >= 15 is 0 Å². The van der Waals surface area contributed by atoms with Crippen LogP contribution in [-0.2, 0) is 9.53 Å². The fraction of sp³-hybridized carbons (Fsp3) is 0.750. The van der Waals surface area contributed by atoms with E-state index in [1.807, 2.05) is 0 Å². The predicted octanol–water partition coefficient (Wildman–Crippen LogP) is 1.01. The van der Waals surface area contributed by atoms with E-state index in [1.165, 1.54) is 0 Å². The van der Waals surface area contributed by atoms with Gasteiger partial charge in [0.1, 0.15) is 0 Å². The highest BCUT2D eigenvalue weighted by atomic mass is 16.5. The lowest BCUT2D eigenvalue weighted by Crippen LogP contribution is -2.35. The van der Waals surface area contributed by atoms with Crippen LogP contribution in [-0.4, -0.2) is 35.9 Å². The van der Waals surface area contributed by atoms with Crippen LogP contribution in [0.15, 0.2) is 0 Å². The van der Waals surface area contributed by atoms with E-state index in [-0.39, 0.29) is 6.10 Å². The van der Waals surface area contributed by atoms with Gasteiger partial charge >= 0.3 is 5.97 Å². The van der Waals surface area contributed by atoms with Gasteiger partial charge in [-0.25, -0.2) is 4.79 Å². The molecule has 0 aliphatic carbocycles. The van der Waals surface area contributed by atoms with Gasteiger partial charge in [0.05, 0.1) is 6.10 Å². The monoisotopic (exact) mass is 225 g/mol. The summed E-state index contributed by atoms with van der Waals surface area (Å²) < 4.78 is 5.38. The molecule has 4 heteroatoms. The standard InChI is InChI=1S/C12H19NO3/c1-3-5-9(4-2)13-8-10-6-7-11(16-10)12(14)15/h1,9-11,13H,4-8H2,2H3,(H,14,15). The highest BCUT2D eigenvalue weighted by Gasteiger charge is 2.30. The minimum atomic E-state index is -0.863. The lowest BCUT2D eigenvalue weighted by Gasteiger charge is -2.17. The number of carboxylic acids is 1. The van der Waals surface area contributed by atoms with Crippen molar-refractivity contribution in [2.75, 3.05) is 6.54 Å². The van der Waals surface area contributed by atoms with Crippen LogP contribution < -0.4 is 5.32 Å². The molecule has 90 valence electrons. The maximum atomic E-state index is 10.7. The Hall–Kier alpha value is -1.05. The quantitative estimate of drug-likeness (QED) is 0.662. The molecule has 16 heavy (non-hydrogen) atoms. The van der Waals surface area contributed by atoms with Crippen LogP contribution in [0.5, 0.6) is 0 Å². The summed E-state index contributed by atoms with van der Waals surface area (Å²) in [5.74, 6) is 1.76. The molecule has 2 N–H and O–H groups in total. The van der Waals surface area contributed by atoms with Crippen molar-refractivity contribution in [1.29, 1.82) is 0 Å². The van der Waals surface area contributed by atoms with Crippen molar-refractivity contribution >= 4 is 5.97 Å². The van der Waals surface area contributed by atoms with Gasteiger partial charge in [-0.1, -0.05) is 6.92 Å². The van der Waals surface area contributed by atoms with Crippen molar-refractivity contribution in [2.45, 2.75) is 50.9 Å². The zero-order valence-electron chi connectivity index (χ0n) is 9.61. The molecule has 0 amide bonds. The molecule has 1 saturated heterocycles. The maximum Gasteiger partial charge on any atom is 0.332 e. The molecule has 3 atom stereocenters. The Morgan fingerprint density at radius 2 is 2.44 bits per heavy atom. The summed E-state index contributed by atoms with van der Waals surface area (Å²) in [5, 5.41) is 12.1. The van der Waals surface area contributed by atoms with Crippen molar-refractivity contribution in [3.63, 3.8) is 0 Å². The van der Waals surface area contributed by atoms with E-state index in [0.717, 1.165) is 12.8 Å². The normalized spacial score (nSPS) is 26.2. The van der Waals surface area contributed by atoms with Crippen LogP contribution in [0.2, 0.25) is 0 Å². The summed E-state index contributed by atoms with van der Waals surface area (Å²) in [6.45, 7) is 2.76. The van der Waals surface area contributed by atoms with Crippen LogP contribution in [0.25, 0.3) is 0 Å². The summed E-state index contributed by atoms with van der Waals surface area (Å²) in [4.78, 5) is 10.7. The van der Waals surface area contributed by atoms with E-state index in [0.29, 0.717) is 25.4 Å². The first-order chi connectivity index (χ1) is 7.67. The van der Waals surface area contributed by atoms with E-state index in [9.17, 15) is 4.79 Å². The van der Waals surface area contributed by atoms with Gasteiger partial charge in [-0.3, -0.25) is 0 Å². The minimum absolute atomic E-state index is 0.00734. The smallest absolute Gasteiger partial charge is 0.332 e. The Kier molecular flexibility index (Phi) is 5.30. The molecule has 0 aromatic heterocycles. The summed E-state index contributed by atoms with van der Waals surface area (Å²) >= 11 is 0. The largest absolute Gasteiger partial charge is 0.479 e. The number of aliphatic carboxylic acids is 1. The summed E-state index contributed by atoms with van der Waals surface area (Å²) in [6.07, 6.45) is 7.71. The van der Waals surface area contributed by atoms with E-state index in [4.69, 9.17) is 16.3 Å². The highest BCUT2D eigenvalue weighted by Crippen LogP contribution is 2.19. The number of rotatable bonds is 6. The van der Waals surface area contributed by atoms with Gasteiger partial charge in [-0.2, -0.15) is 0 Å². The van der Waals surface area contributed by atoms with Crippen LogP contribution in [0.3, 0.4) is 0 Å². The van der Waals surface area contributed by atoms with Crippen molar-refractivity contribution < 1.29 is 14.6 Å². The van der Waals surface area contributed by atoms with E-state index < -0.39 is 12.1 Å². The van der Waals surface area contributed by atoms with Crippen molar-refractivity contribution in [2.24, 2.45) is 0 Å². The van der Waals surface area contributed by atoms with Gasteiger partial charge in [-0.15, -0.1) is 12.3 Å². The Morgan fingerprint density at radius 1 is 1.69 bits per heavy atom. The number of ether oxygens (including phenoxy) is 1. The van der Waals surface area contributed by atoms with Crippen LogP contribution >= 0.6 is 0 Å². The fourth-order valence-corrected chi connectivity index (χ4v) is 1.84. The number of nitrogens with one attached hydrogen (secondary N) is 1. The molecule has 1 aliphatic rings. The Labute approximate surface area is 96.4 Å². The number of hydrogen-bond acceptors (Lipinski definition) is 3. The van der Waals surface area contributed by atoms with Gasteiger partial charge in [-0.05, 0) is 19.3 Å². The zero-order valence-corrected chi connectivity index (χ0v) is 9.61. The topological polar surface area (TPSA) is 58.6 Å². The average Bonchev–Trinajstić information content (AvgIpc) is 2.73. The molecule has 1 rings (SSSR count). The lowest BCUT2D eigenvalue weighted by molar-refractivity contribution is -0.149. The molecule has 1 aliphatic heterocycles. The molecule has 4 nitrogen and oxygen atoms in total. The zero-order chi connectivity index (χ0) is 12.0. The molecule has 0 saturated carbocycles. The highest BCUT2D eigenvalue weighted by molar-refractivity contribution is 5.72. The molecule has 0 aromatic rings. The first kappa shape index (κ1) is 13.0. The van der Waals surface area contributed by atoms with Gasteiger partial charge in [0.15, 0.2) is 6.10 Å². The molecule has 0 radical (unpaired) electrons. The number of terminal acetylenes is 1. The molecule has 0 spiro atoms. The van der Waals surface area contributed by atoms with Gasteiger partial charge < -0.3 is 15.2 Å². The maximum absolute atomic E-state index is 10.7. The second-order valence-electron chi connectivity index (χ2n) is 4.08. The third-order valence-corrected chi connectivity index (χ3v) is 2.87. The molecular formula is C12H19NO3. The summed E-state index contributed by atoms with van der Waals surface area (Å²) in [7, 11) is 0. The first-order valence-electron chi connectivity index (χ1n) is 5.72. The Morgan fingerprint density at radius 3 is 2.94 bits per heavy atom. The van der Waals surface area contributed by atoms with Crippen LogP contribution in [0, 0.1) is 12.3 Å². The van der Waals surface area contributed by atoms with Gasteiger partial charge in [0.2, 0.25) is 0 Å². The van der Waals surface area contributed by atoms with Gasteiger partial charge in [0.25, 0.3) is 0 Å². The number of hydrogen-bond donors (Lipinski definition) is 2. The fourth-order valence-electron chi connectivity index (χ4n) is 1.84. The molecule has 3 unspecified atom stereocenters. The molecule has 0 aromatic carbocycles. The average molecular weight is 225 g/mol. The lowest BCUT2D eigenvalue weighted by atomic mass is 10.1. The van der Waals surface area contributed by atoms with Gasteiger partial charge in [0, 0.05) is 19.0 Å².